The average molecular weight is 644 g/mol. The summed E-state index contributed by atoms with van der Waals surface area (Å²) < 4.78 is 10.3. The van der Waals surface area contributed by atoms with Crippen LogP contribution in [-0.2, 0) is 9.47 Å². The SMILES string of the molecule is BrCCOCCBr.C.Clc1cnc(Cl)c(N2CCOCC2)c1.Nc1cc(Cl)cnc1Cl. The van der Waals surface area contributed by atoms with Crippen LogP contribution in [0.5, 0.6) is 0 Å². The lowest BCUT2D eigenvalue weighted by molar-refractivity contribution is 0.122. The van der Waals surface area contributed by atoms with E-state index in [-0.39, 0.29) is 7.43 Å². The molecule has 2 N–H and O–H groups in total. The molecule has 0 unspecified atom stereocenters. The van der Waals surface area contributed by atoms with Gasteiger partial charge in [0.05, 0.1) is 47.8 Å². The van der Waals surface area contributed by atoms with Crippen molar-refractivity contribution in [2.75, 3.05) is 60.8 Å². The smallest absolute Gasteiger partial charge is 0.152 e. The summed E-state index contributed by atoms with van der Waals surface area (Å²) in [7, 11) is 0. The minimum Gasteiger partial charge on any atom is -0.396 e. The standard InChI is InChI=1S/C9H10Cl2N2O.C5H4Cl2N2.C4H8Br2O.CH4/c10-7-5-8(9(11)12-6-7)13-1-3-14-4-2-13;6-3-1-4(8)5(7)9-2-3;5-1-3-7-4-2-6;/h5-6H,1-4H2;1-2H,8H2;1-4H2;1H4. The molecule has 1 aliphatic rings. The van der Waals surface area contributed by atoms with E-state index in [9.17, 15) is 0 Å². The number of alkyl halides is 2. The predicted molar refractivity (Wildman–Crippen MR) is 141 cm³/mol. The van der Waals surface area contributed by atoms with Crippen LogP contribution in [0.4, 0.5) is 11.4 Å². The molecule has 176 valence electrons. The van der Waals surface area contributed by atoms with Crippen LogP contribution < -0.4 is 10.6 Å². The monoisotopic (exact) mass is 640 g/mol. The van der Waals surface area contributed by atoms with Crippen molar-refractivity contribution < 1.29 is 9.47 Å². The van der Waals surface area contributed by atoms with E-state index in [2.05, 4.69) is 46.7 Å². The van der Waals surface area contributed by atoms with E-state index >= 15 is 0 Å². The number of hydrogen-bond acceptors (Lipinski definition) is 6. The summed E-state index contributed by atoms with van der Waals surface area (Å²) in [5.74, 6) is 0. The molecule has 0 spiro atoms. The fourth-order valence-electron chi connectivity index (χ4n) is 2.09. The number of anilines is 2. The lowest BCUT2D eigenvalue weighted by Crippen LogP contribution is -2.36. The number of nitrogens with two attached hydrogens (primary N) is 1. The quantitative estimate of drug-likeness (QED) is 0.224. The number of ether oxygens (including phenoxy) is 2. The summed E-state index contributed by atoms with van der Waals surface area (Å²) in [6, 6.07) is 3.39. The van der Waals surface area contributed by atoms with E-state index in [1.165, 1.54) is 6.20 Å². The van der Waals surface area contributed by atoms with E-state index in [4.69, 9.17) is 61.6 Å². The highest BCUT2D eigenvalue weighted by Gasteiger charge is 2.14. The molecule has 0 atom stereocenters. The van der Waals surface area contributed by atoms with Gasteiger partial charge in [0, 0.05) is 36.1 Å². The Morgan fingerprint density at radius 2 is 1.45 bits per heavy atom. The largest absolute Gasteiger partial charge is 0.396 e. The van der Waals surface area contributed by atoms with Crippen molar-refractivity contribution in [1.29, 1.82) is 0 Å². The molecule has 31 heavy (non-hydrogen) atoms. The van der Waals surface area contributed by atoms with Gasteiger partial charge in [-0.1, -0.05) is 85.7 Å². The number of nitrogen functional groups attached to an aromatic ring is 1. The zero-order valence-corrected chi connectivity index (χ0v) is 22.2. The summed E-state index contributed by atoms with van der Waals surface area (Å²) >= 11 is 29.3. The van der Waals surface area contributed by atoms with E-state index < -0.39 is 0 Å². The van der Waals surface area contributed by atoms with Gasteiger partial charge in [-0.3, -0.25) is 0 Å². The lowest BCUT2D eigenvalue weighted by Gasteiger charge is -2.29. The van der Waals surface area contributed by atoms with Crippen LogP contribution in [0.2, 0.25) is 20.4 Å². The minimum absolute atomic E-state index is 0. The second-order valence-electron chi connectivity index (χ2n) is 5.59. The van der Waals surface area contributed by atoms with Gasteiger partial charge in [0.15, 0.2) is 10.3 Å². The van der Waals surface area contributed by atoms with Crippen LogP contribution in [0.1, 0.15) is 7.43 Å². The molecule has 1 fully saturated rings. The Balaban J connectivity index is 0.000000462. The molecular weight excluding hydrogens is 618 g/mol. The van der Waals surface area contributed by atoms with Crippen LogP contribution in [-0.4, -0.2) is 60.1 Å². The van der Waals surface area contributed by atoms with Gasteiger partial charge in [-0.25, -0.2) is 9.97 Å². The summed E-state index contributed by atoms with van der Waals surface area (Å²) in [5, 5.41) is 3.75. The highest BCUT2D eigenvalue weighted by Crippen LogP contribution is 2.27. The van der Waals surface area contributed by atoms with Crippen molar-refractivity contribution in [3.63, 3.8) is 0 Å². The molecule has 0 aliphatic carbocycles. The Bertz CT molecular complexity index is 753. The number of nitrogens with zero attached hydrogens (tertiary/aromatic N) is 3. The Kier molecular flexibility index (Phi) is 18.3. The third-order valence-corrected chi connectivity index (χ3v) is 5.08. The van der Waals surface area contributed by atoms with E-state index in [0.29, 0.717) is 26.0 Å². The minimum atomic E-state index is 0. The third-order valence-electron chi connectivity index (χ3n) is 3.41. The average Bonchev–Trinajstić information content (AvgIpc) is 2.75. The second-order valence-corrected chi connectivity index (χ2v) is 8.76. The van der Waals surface area contributed by atoms with Crippen molar-refractivity contribution in [2.45, 2.75) is 7.43 Å². The molecule has 3 heterocycles. The van der Waals surface area contributed by atoms with E-state index in [1.807, 2.05) is 6.07 Å². The molecule has 2 aromatic heterocycles. The number of hydrogen-bond donors (Lipinski definition) is 1. The first-order chi connectivity index (χ1) is 14.4. The number of halogens is 6. The van der Waals surface area contributed by atoms with Crippen molar-refractivity contribution in [3.8, 4) is 0 Å². The van der Waals surface area contributed by atoms with E-state index in [0.717, 1.165) is 55.9 Å². The summed E-state index contributed by atoms with van der Waals surface area (Å²) in [4.78, 5) is 9.82. The molecule has 0 saturated carbocycles. The van der Waals surface area contributed by atoms with Gasteiger partial charge in [0.2, 0.25) is 0 Å². The fourth-order valence-corrected chi connectivity index (χ4v) is 3.19. The van der Waals surface area contributed by atoms with Gasteiger partial charge >= 0.3 is 0 Å². The normalized spacial score (nSPS) is 12.6. The number of morpholine rings is 1. The third kappa shape index (κ3) is 13.3. The second kappa shape index (κ2) is 18.4. The molecule has 2 aromatic rings. The van der Waals surface area contributed by atoms with Gasteiger partial charge in [-0.2, -0.15) is 0 Å². The molecule has 0 radical (unpaired) electrons. The summed E-state index contributed by atoms with van der Waals surface area (Å²) in [6.07, 6.45) is 2.99. The first kappa shape index (κ1) is 30.9. The first-order valence-corrected chi connectivity index (χ1v) is 12.5. The Labute approximate surface area is 220 Å². The van der Waals surface area contributed by atoms with Crippen LogP contribution >= 0.6 is 78.3 Å². The van der Waals surface area contributed by atoms with Crippen molar-refractivity contribution >= 4 is 89.6 Å². The molecule has 0 amide bonds. The molecule has 3 rings (SSSR count). The lowest BCUT2D eigenvalue weighted by atomic mass is 10.3. The Hall–Kier alpha value is -0.0600. The number of aromatic nitrogens is 2. The predicted octanol–water partition coefficient (Wildman–Crippen LogP) is 6.62. The molecule has 6 nitrogen and oxygen atoms in total. The summed E-state index contributed by atoms with van der Waals surface area (Å²) in [5.41, 5.74) is 6.64. The zero-order chi connectivity index (χ0) is 22.4. The maximum absolute atomic E-state index is 5.98. The maximum atomic E-state index is 5.98. The van der Waals surface area contributed by atoms with Gasteiger partial charge in [0.25, 0.3) is 0 Å². The van der Waals surface area contributed by atoms with Crippen LogP contribution in [0, 0.1) is 0 Å². The Morgan fingerprint density at radius 3 is 1.94 bits per heavy atom. The molecule has 0 aromatic carbocycles. The molecule has 0 bridgehead atoms. The fraction of sp³-hybridized carbons (Fsp3) is 0.474. The maximum Gasteiger partial charge on any atom is 0.152 e. The molecule has 1 aliphatic heterocycles. The number of pyridine rings is 2. The van der Waals surface area contributed by atoms with Crippen LogP contribution in [0.15, 0.2) is 24.5 Å². The van der Waals surface area contributed by atoms with Gasteiger partial charge in [-0.15, -0.1) is 0 Å². The van der Waals surface area contributed by atoms with Gasteiger partial charge in [-0.05, 0) is 12.1 Å². The van der Waals surface area contributed by atoms with Gasteiger partial charge < -0.3 is 20.1 Å². The van der Waals surface area contributed by atoms with E-state index in [1.54, 1.807) is 12.3 Å². The zero-order valence-electron chi connectivity index (χ0n) is 16.0. The highest BCUT2D eigenvalue weighted by atomic mass is 79.9. The molecule has 1 saturated heterocycles. The first-order valence-electron chi connectivity index (χ1n) is 8.79. The molecular formula is C19H26Br2Cl4N4O2. The number of rotatable bonds is 5. The Morgan fingerprint density at radius 1 is 0.935 bits per heavy atom. The molecule has 12 heteroatoms. The van der Waals surface area contributed by atoms with Crippen molar-refractivity contribution in [1.82, 2.24) is 9.97 Å². The highest BCUT2D eigenvalue weighted by molar-refractivity contribution is 9.09. The summed E-state index contributed by atoms with van der Waals surface area (Å²) in [6.45, 7) is 4.74. The van der Waals surface area contributed by atoms with Gasteiger partial charge in [0.1, 0.15) is 0 Å². The van der Waals surface area contributed by atoms with Crippen LogP contribution in [0.3, 0.4) is 0 Å². The topological polar surface area (TPSA) is 73.5 Å². The van der Waals surface area contributed by atoms with Crippen molar-refractivity contribution in [2.24, 2.45) is 0 Å². The van der Waals surface area contributed by atoms with Crippen LogP contribution in [0.25, 0.3) is 0 Å². The van der Waals surface area contributed by atoms with Crippen molar-refractivity contribution in [3.05, 3.63) is 44.9 Å².